The molecule has 1 saturated heterocycles. The largest absolute Gasteiger partial charge is 0.507 e. The molecule has 26 heavy (non-hydrogen) atoms. The van der Waals surface area contributed by atoms with E-state index in [1.807, 2.05) is 30.3 Å². The van der Waals surface area contributed by atoms with Gasteiger partial charge in [0.15, 0.2) is 0 Å². The number of rotatable bonds is 5. The van der Waals surface area contributed by atoms with E-state index in [-0.39, 0.29) is 24.5 Å². The summed E-state index contributed by atoms with van der Waals surface area (Å²) in [6.07, 6.45) is 0.356. The highest BCUT2D eigenvalue weighted by Gasteiger charge is 2.45. The number of nitrogens with zero attached hydrogens (tertiary/aromatic N) is 1. The molecule has 0 saturated carbocycles. The van der Waals surface area contributed by atoms with E-state index < -0.39 is 17.7 Å². The van der Waals surface area contributed by atoms with Crippen molar-refractivity contribution in [1.29, 1.82) is 0 Å². The fourth-order valence-corrected chi connectivity index (χ4v) is 3.36. The Hall–Kier alpha value is -2.44. The average molecular weight is 416 g/mol. The first-order chi connectivity index (χ1) is 12.5. The Morgan fingerprint density at radius 2 is 1.69 bits per heavy atom. The van der Waals surface area contributed by atoms with Crippen LogP contribution in [-0.2, 0) is 9.59 Å². The van der Waals surface area contributed by atoms with E-state index in [9.17, 15) is 14.7 Å². The number of likely N-dealkylation sites (tertiary alicyclic amines) is 1. The SMILES string of the molecule is O=C1C(=O)N(CCCO)[C@H](c2ccccc2)C1=C(O)c1ccc(Br)cc1. The molecular formula is C20H18BrNO4. The standard InChI is InChI=1S/C20H18BrNO4/c21-15-9-7-14(8-10-15)18(24)16-17(13-5-2-1-3-6-13)22(11-4-12-23)20(26)19(16)25/h1-3,5-10,17,23-24H,4,11-12H2/t17-/m1/s1. The first-order valence-electron chi connectivity index (χ1n) is 8.24. The summed E-state index contributed by atoms with van der Waals surface area (Å²) in [7, 11) is 0. The third kappa shape index (κ3) is 3.43. The first-order valence-corrected chi connectivity index (χ1v) is 9.04. The molecule has 1 amide bonds. The number of carbonyl (C=O) groups excluding carboxylic acids is 2. The van der Waals surface area contributed by atoms with Gasteiger partial charge in [-0.25, -0.2) is 0 Å². The lowest BCUT2D eigenvalue weighted by Gasteiger charge is -2.25. The number of benzene rings is 2. The van der Waals surface area contributed by atoms with Gasteiger partial charge in [0.1, 0.15) is 5.76 Å². The summed E-state index contributed by atoms with van der Waals surface area (Å²) < 4.78 is 0.844. The first kappa shape index (κ1) is 18.4. The molecule has 2 N–H and O–H groups in total. The van der Waals surface area contributed by atoms with Crippen molar-refractivity contribution >= 4 is 33.4 Å². The van der Waals surface area contributed by atoms with Crippen LogP contribution in [0.1, 0.15) is 23.6 Å². The summed E-state index contributed by atoms with van der Waals surface area (Å²) in [6, 6.07) is 15.3. The van der Waals surface area contributed by atoms with E-state index in [0.29, 0.717) is 12.0 Å². The maximum atomic E-state index is 12.7. The molecule has 2 aromatic rings. The topological polar surface area (TPSA) is 77.8 Å². The van der Waals surface area contributed by atoms with Crippen molar-refractivity contribution in [1.82, 2.24) is 4.90 Å². The number of Topliss-reactive ketones (excluding diaryl/α,β-unsaturated/α-hetero) is 1. The second-order valence-corrected chi connectivity index (χ2v) is 6.90. The molecule has 0 aromatic heterocycles. The number of hydrogen-bond acceptors (Lipinski definition) is 4. The average Bonchev–Trinajstić information content (AvgIpc) is 2.91. The summed E-state index contributed by atoms with van der Waals surface area (Å²) in [4.78, 5) is 26.6. The molecule has 5 nitrogen and oxygen atoms in total. The van der Waals surface area contributed by atoms with Gasteiger partial charge >= 0.3 is 0 Å². The van der Waals surface area contributed by atoms with Gasteiger partial charge in [-0.3, -0.25) is 9.59 Å². The Labute approximate surface area is 159 Å². The maximum Gasteiger partial charge on any atom is 0.295 e. The van der Waals surface area contributed by atoms with Crippen LogP contribution in [0.5, 0.6) is 0 Å². The molecule has 1 atom stereocenters. The van der Waals surface area contributed by atoms with Gasteiger partial charge in [-0.05, 0) is 24.1 Å². The normalized spacial score (nSPS) is 19.2. The lowest BCUT2D eigenvalue weighted by molar-refractivity contribution is -0.140. The zero-order chi connectivity index (χ0) is 18.7. The van der Waals surface area contributed by atoms with Crippen molar-refractivity contribution in [2.45, 2.75) is 12.5 Å². The summed E-state index contributed by atoms with van der Waals surface area (Å²) in [5, 5.41) is 19.9. The van der Waals surface area contributed by atoms with Gasteiger partial charge < -0.3 is 15.1 Å². The number of amides is 1. The Balaban J connectivity index is 2.14. The van der Waals surface area contributed by atoms with Crippen LogP contribution >= 0.6 is 15.9 Å². The van der Waals surface area contributed by atoms with Gasteiger partial charge in [-0.2, -0.15) is 0 Å². The Morgan fingerprint density at radius 3 is 2.31 bits per heavy atom. The molecule has 0 aliphatic carbocycles. The monoisotopic (exact) mass is 415 g/mol. The number of carbonyl (C=O) groups is 2. The van der Waals surface area contributed by atoms with Crippen molar-refractivity contribution in [2.75, 3.05) is 13.2 Å². The van der Waals surface area contributed by atoms with E-state index in [0.717, 1.165) is 10.0 Å². The highest BCUT2D eigenvalue weighted by molar-refractivity contribution is 9.10. The van der Waals surface area contributed by atoms with Crippen LogP contribution in [0.15, 0.2) is 64.6 Å². The maximum absolute atomic E-state index is 12.7. The fraction of sp³-hybridized carbons (Fsp3) is 0.200. The molecule has 0 unspecified atom stereocenters. The number of ketones is 1. The van der Waals surface area contributed by atoms with E-state index in [1.165, 1.54) is 4.90 Å². The van der Waals surface area contributed by atoms with Gasteiger partial charge in [0.25, 0.3) is 11.7 Å². The highest BCUT2D eigenvalue weighted by atomic mass is 79.9. The molecule has 3 rings (SSSR count). The van der Waals surface area contributed by atoms with Crippen molar-refractivity contribution in [3.63, 3.8) is 0 Å². The summed E-state index contributed by atoms with van der Waals surface area (Å²) in [5.74, 6) is -1.57. The second-order valence-electron chi connectivity index (χ2n) is 5.99. The summed E-state index contributed by atoms with van der Waals surface area (Å²) in [5.41, 5.74) is 1.28. The molecule has 2 aromatic carbocycles. The lowest BCUT2D eigenvalue weighted by Crippen LogP contribution is -2.31. The molecule has 1 fully saturated rings. The number of aliphatic hydroxyl groups is 2. The van der Waals surface area contributed by atoms with Gasteiger partial charge in [0.2, 0.25) is 0 Å². The summed E-state index contributed by atoms with van der Waals surface area (Å²) in [6.45, 7) is 0.148. The zero-order valence-corrected chi connectivity index (χ0v) is 15.5. The number of hydrogen-bond donors (Lipinski definition) is 2. The Kier molecular flexibility index (Phi) is 5.54. The summed E-state index contributed by atoms with van der Waals surface area (Å²) >= 11 is 3.34. The smallest absolute Gasteiger partial charge is 0.295 e. The molecular weight excluding hydrogens is 398 g/mol. The van der Waals surface area contributed by atoms with Crippen molar-refractivity contribution in [3.8, 4) is 0 Å². The van der Waals surface area contributed by atoms with Crippen molar-refractivity contribution in [3.05, 3.63) is 75.8 Å². The van der Waals surface area contributed by atoms with Crippen LogP contribution in [0, 0.1) is 0 Å². The van der Waals surface area contributed by atoms with Gasteiger partial charge in [-0.1, -0.05) is 58.4 Å². The predicted octanol–water partition coefficient (Wildman–Crippen LogP) is 3.25. The molecule has 6 heteroatoms. The van der Waals surface area contributed by atoms with Crippen LogP contribution in [0.25, 0.3) is 5.76 Å². The third-order valence-corrected chi connectivity index (χ3v) is 4.86. The number of halogens is 1. The minimum Gasteiger partial charge on any atom is -0.507 e. The fourth-order valence-electron chi connectivity index (χ4n) is 3.10. The zero-order valence-electron chi connectivity index (χ0n) is 13.9. The molecule has 1 heterocycles. The van der Waals surface area contributed by atoms with Crippen LogP contribution in [0.4, 0.5) is 0 Å². The second kappa shape index (κ2) is 7.85. The minimum atomic E-state index is -0.711. The van der Waals surface area contributed by atoms with E-state index in [4.69, 9.17) is 5.11 Å². The Bertz CT molecular complexity index is 846. The van der Waals surface area contributed by atoms with E-state index in [2.05, 4.69) is 15.9 Å². The lowest BCUT2D eigenvalue weighted by atomic mass is 9.95. The molecule has 1 aliphatic rings. The molecule has 0 radical (unpaired) electrons. The quantitative estimate of drug-likeness (QED) is 0.446. The molecule has 0 spiro atoms. The number of aliphatic hydroxyl groups excluding tert-OH is 2. The van der Waals surface area contributed by atoms with Gasteiger partial charge in [-0.15, -0.1) is 0 Å². The van der Waals surface area contributed by atoms with Gasteiger partial charge in [0, 0.05) is 23.2 Å². The van der Waals surface area contributed by atoms with Crippen LogP contribution < -0.4 is 0 Å². The van der Waals surface area contributed by atoms with E-state index >= 15 is 0 Å². The molecule has 0 bridgehead atoms. The van der Waals surface area contributed by atoms with E-state index in [1.54, 1.807) is 24.3 Å². The van der Waals surface area contributed by atoms with Crippen molar-refractivity contribution in [2.24, 2.45) is 0 Å². The van der Waals surface area contributed by atoms with Crippen LogP contribution in [-0.4, -0.2) is 40.0 Å². The Morgan fingerprint density at radius 1 is 1.04 bits per heavy atom. The minimum absolute atomic E-state index is 0.0708. The molecule has 1 aliphatic heterocycles. The van der Waals surface area contributed by atoms with Crippen LogP contribution in [0.2, 0.25) is 0 Å². The predicted molar refractivity (Wildman–Crippen MR) is 101 cm³/mol. The van der Waals surface area contributed by atoms with Crippen LogP contribution in [0.3, 0.4) is 0 Å². The van der Waals surface area contributed by atoms with Gasteiger partial charge in [0.05, 0.1) is 11.6 Å². The van der Waals surface area contributed by atoms with Crippen molar-refractivity contribution < 1.29 is 19.8 Å². The third-order valence-electron chi connectivity index (χ3n) is 4.33. The molecule has 134 valence electrons. The highest BCUT2D eigenvalue weighted by Crippen LogP contribution is 2.39.